The predicted octanol–water partition coefficient (Wildman–Crippen LogP) is 1.50. The van der Waals surface area contributed by atoms with Crippen LogP contribution in [0.3, 0.4) is 0 Å². The number of nitrogens with two attached hydrogens (primary N) is 1. The Balaban J connectivity index is 0. The molecule has 0 aliphatic carbocycles. The van der Waals surface area contributed by atoms with Crippen LogP contribution in [0.4, 0.5) is 5.82 Å². The number of nitrogen functional groups attached to an aromatic ring is 1. The first-order chi connectivity index (χ1) is 3.70. The SMILES string of the molecule is Cl.Cl.Cn1nc(Cl)cc1N. The third kappa shape index (κ3) is 2.64. The number of anilines is 1. The molecule has 6 heteroatoms. The number of aromatic nitrogens is 2. The van der Waals surface area contributed by atoms with Crippen molar-refractivity contribution in [2.75, 3.05) is 5.73 Å². The monoisotopic (exact) mass is 203 g/mol. The summed E-state index contributed by atoms with van der Waals surface area (Å²) < 4.78 is 1.52. The van der Waals surface area contributed by atoms with Gasteiger partial charge in [-0.3, -0.25) is 4.68 Å². The average Bonchev–Trinajstić information content (AvgIpc) is 1.85. The smallest absolute Gasteiger partial charge is 0.153 e. The van der Waals surface area contributed by atoms with E-state index in [1.54, 1.807) is 13.1 Å². The van der Waals surface area contributed by atoms with Gasteiger partial charge in [-0.15, -0.1) is 24.8 Å². The van der Waals surface area contributed by atoms with Crippen LogP contribution in [0.5, 0.6) is 0 Å². The molecule has 0 spiro atoms. The van der Waals surface area contributed by atoms with E-state index in [9.17, 15) is 0 Å². The summed E-state index contributed by atoms with van der Waals surface area (Å²) in [6.45, 7) is 0. The minimum atomic E-state index is 0. The molecule has 0 bridgehead atoms. The van der Waals surface area contributed by atoms with Crippen molar-refractivity contribution in [2.24, 2.45) is 7.05 Å². The van der Waals surface area contributed by atoms with Crippen LogP contribution >= 0.6 is 36.4 Å². The van der Waals surface area contributed by atoms with Crippen LogP contribution in [0.25, 0.3) is 0 Å². The molecular weight excluding hydrogens is 196 g/mol. The van der Waals surface area contributed by atoms with Crippen molar-refractivity contribution in [2.45, 2.75) is 0 Å². The molecule has 60 valence electrons. The highest BCUT2D eigenvalue weighted by atomic mass is 35.5. The average molecular weight is 204 g/mol. The summed E-state index contributed by atoms with van der Waals surface area (Å²) >= 11 is 5.45. The number of rotatable bonds is 0. The fourth-order valence-corrected chi connectivity index (χ4v) is 0.671. The van der Waals surface area contributed by atoms with Gasteiger partial charge in [0, 0.05) is 13.1 Å². The molecule has 0 saturated carbocycles. The Bertz CT molecular complexity index is 178. The lowest BCUT2D eigenvalue weighted by Crippen LogP contribution is -1.96. The molecule has 0 radical (unpaired) electrons. The van der Waals surface area contributed by atoms with Crippen molar-refractivity contribution in [1.29, 1.82) is 0 Å². The Morgan fingerprint density at radius 2 is 2.10 bits per heavy atom. The summed E-state index contributed by atoms with van der Waals surface area (Å²) in [7, 11) is 1.74. The van der Waals surface area contributed by atoms with Gasteiger partial charge in [0.2, 0.25) is 0 Å². The highest BCUT2D eigenvalue weighted by Crippen LogP contribution is 2.08. The van der Waals surface area contributed by atoms with Gasteiger partial charge in [0.05, 0.1) is 0 Å². The van der Waals surface area contributed by atoms with Crippen LogP contribution in [0, 0.1) is 0 Å². The van der Waals surface area contributed by atoms with E-state index in [1.165, 1.54) is 4.68 Å². The van der Waals surface area contributed by atoms with E-state index in [1.807, 2.05) is 0 Å². The molecule has 0 aliphatic heterocycles. The van der Waals surface area contributed by atoms with Crippen LogP contribution in [-0.4, -0.2) is 9.78 Å². The van der Waals surface area contributed by atoms with Crippen molar-refractivity contribution in [1.82, 2.24) is 9.78 Å². The fraction of sp³-hybridized carbons (Fsp3) is 0.250. The molecule has 0 aromatic carbocycles. The Labute approximate surface area is 76.4 Å². The maximum Gasteiger partial charge on any atom is 0.153 e. The lowest BCUT2D eigenvalue weighted by molar-refractivity contribution is 0.779. The van der Waals surface area contributed by atoms with Crippen LogP contribution in [-0.2, 0) is 7.05 Å². The van der Waals surface area contributed by atoms with Crippen molar-refractivity contribution in [3.63, 3.8) is 0 Å². The molecular formula is C4H8Cl3N3. The minimum Gasteiger partial charge on any atom is -0.384 e. The second-order valence-corrected chi connectivity index (χ2v) is 1.90. The topological polar surface area (TPSA) is 43.8 Å². The van der Waals surface area contributed by atoms with Crippen LogP contribution in [0.2, 0.25) is 5.15 Å². The maximum absolute atomic E-state index is 5.45. The van der Waals surface area contributed by atoms with E-state index in [4.69, 9.17) is 17.3 Å². The summed E-state index contributed by atoms with van der Waals surface area (Å²) in [6.07, 6.45) is 0. The molecule has 1 aromatic heterocycles. The number of hydrogen-bond donors (Lipinski definition) is 1. The summed E-state index contributed by atoms with van der Waals surface area (Å²) in [5.41, 5.74) is 5.36. The molecule has 10 heavy (non-hydrogen) atoms. The first-order valence-corrected chi connectivity index (χ1v) is 2.53. The lowest BCUT2D eigenvalue weighted by atomic mass is 10.7. The molecule has 1 aromatic rings. The van der Waals surface area contributed by atoms with Crippen molar-refractivity contribution in [3.8, 4) is 0 Å². The van der Waals surface area contributed by atoms with E-state index in [0.717, 1.165) is 0 Å². The van der Waals surface area contributed by atoms with E-state index in [2.05, 4.69) is 5.10 Å². The van der Waals surface area contributed by atoms with Crippen LogP contribution in [0.1, 0.15) is 0 Å². The quantitative estimate of drug-likeness (QED) is 0.696. The minimum absolute atomic E-state index is 0. The van der Waals surface area contributed by atoms with Crippen LogP contribution < -0.4 is 5.73 Å². The molecule has 0 unspecified atom stereocenters. The fourth-order valence-electron chi connectivity index (χ4n) is 0.445. The highest BCUT2D eigenvalue weighted by molar-refractivity contribution is 6.29. The van der Waals surface area contributed by atoms with E-state index in [-0.39, 0.29) is 24.8 Å². The first-order valence-electron chi connectivity index (χ1n) is 2.15. The molecule has 0 fully saturated rings. The molecule has 0 aliphatic rings. The van der Waals surface area contributed by atoms with Gasteiger partial charge in [0.1, 0.15) is 5.82 Å². The summed E-state index contributed by atoms with van der Waals surface area (Å²) in [4.78, 5) is 0. The summed E-state index contributed by atoms with van der Waals surface area (Å²) in [5, 5.41) is 4.20. The molecule has 2 N–H and O–H groups in total. The summed E-state index contributed by atoms with van der Waals surface area (Å²) in [5.74, 6) is 0.579. The van der Waals surface area contributed by atoms with Gasteiger partial charge < -0.3 is 5.73 Å². The zero-order valence-electron chi connectivity index (χ0n) is 5.24. The molecule has 1 rings (SSSR count). The standard InChI is InChI=1S/C4H6ClN3.2ClH/c1-8-4(6)2-3(5)7-8;;/h2H,6H2,1H3;2*1H. The van der Waals surface area contributed by atoms with Gasteiger partial charge in [-0.05, 0) is 0 Å². The van der Waals surface area contributed by atoms with Gasteiger partial charge in [-0.25, -0.2) is 0 Å². The van der Waals surface area contributed by atoms with Gasteiger partial charge in [-0.1, -0.05) is 11.6 Å². The van der Waals surface area contributed by atoms with Gasteiger partial charge >= 0.3 is 0 Å². The van der Waals surface area contributed by atoms with Crippen molar-refractivity contribution >= 4 is 42.2 Å². The van der Waals surface area contributed by atoms with Crippen molar-refractivity contribution < 1.29 is 0 Å². The van der Waals surface area contributed by atoms with E-state index < -0.39 is 0 Å². The molecule has 3 nitrogen and oxygen atoms in total. The molecule has 0 amide bonds. The van der Waals surface area contributed by atoms with Crippen molar-refractivity contribution in [3.05, 3.63) is 11.2 Å². The number of hydrogen-bond acceptors (Lipinski definition) is 2. The van der Waals surface area contributed by atoms with Gasteiger partial charge in [0.15, 0.2) is 5.15 Å². The Hall–Kier alpha value is -0.120. The largest absolute Gasteiger partial charge is 0.384 e. The Kier molecular flexibility index (Phi) is 5.84. The summed E-state index contributed by atoms with van der Waals surface area (Å²) in [6, 6.07) is 1.60. The highest BCUT2D eigenvalue weighted by Gasteiger charge is 1.94. The number of nitrogens with zero attached hydrogens (tertiary/aromatic N) is 2. The number of halogens is 3. The second kappa shape index (κ2) is 4.66. The molecule has 0 atom stereocenters. The predicted molar refractivity (Wildman–Crippen MR) is 47.1 cm³/mol. The van der Waals surface area contributed by atoms with E-state index in [0.29, 0.717) is 11.0 Å². The number of aryl methyl sites for hydroxylation is 1. The zero-order valence-corrected chi connectivity index (χ0v) is 7.63. The lowest BCUT2D eigenvalue weighted by Gasteiger charge is -1.87. The van der Waals surface area contributed by atoms with Gasteiger partial charge in [0.25, 0.3) is 0 Å². The third-order valence-electron chi connectivity index (χ3n) is 0.886. The Morgan fingerprint density at radius 3 is 2.20 bits per heavy atom. The zero-order chi connectivity index (χ0) is 6.15. The Morgan fingerprint density at radius 1 is 1.60 bits per heavy atom. The second-order valence-electron chi connectivity index (χ2n) is 1.52. The maximum atomic E-state index is 5.45. The normalized spacial score (nSPS) is 7.80. The van der Waals surface area contributed by atoms with Crippen LogP contribution in [0.15, 0.2) is 6.07 Å². The molecule has 1 heterocycles. The molecule has 0 saturated heterocycles. The first kappa shape index (κ1) is 12.5. The van der Waals surface area contributed by atoms with Gasteiger partial charge in [-0.2, -0.15) is 5.10 Å². The van der Waals surface area contributed by atoms with E-state index >= 15 is 0 Å². The third-order valence-corrected chi connectivity index (χ3v) is 1.07.